The van der Waals surface area contributed by atoms with Crippen molar-refractivity contribution in [2.24, 2.45) is 0 Å². The van der Waals surface area contributed by atoms with Crippen LogP contribution in [0.1, 0.15) is 0 Å². The highest BCUT2D eigenvalue weighted by atomic mass is 35.5. The van der Waals surface area contributed by atoms with Crippen molar-refractivity contribution >= 4 is 11.6 Å². The van der Waals surface area contributed by atoms with Gasteiger partial charge in [0.2, 0.25) is 0 Å². The third kappa shape index (κ3) is 5.03. The molecule has 0 bridgehead atoms. The first-order valence-corrected chi connectivity index (χ1v) is 9.73. The van der Waals surface area contributed by atoms with Crippen LogP contribution < -0.4 is 9.47 Å². The first-order chi connectivity index (χ1) is 15.4. The number of aromatic nitrogens is 2. The molecule has 164 valence electrons. The second-order valence-corrected chi connectivity index (χ2v) is 7.05. The van der Waals surface area contributed by atoms with Crippen molar-refractivity contribution in [3.63, 3.8) is 0 Å². The van der Waals surface area contributed by atoms with Gasteiger partial charge in [0.1, 0.15) is 11.5 Å². The zero-order chi connectivity index (χ0) is 22.7. The van der Waals surface area contributed by atoms with E-state index in [1.807, 2.05) is 0 Å². The molecule has 1 aromatic heterocycles. The quantitative estimate of drug-likeness (QED) is 0.276. The molecule has 0 unspecified atom stereocenters. The lowest BCUT2D eigenvalue weighted by Gasteiger charge is -2.10. The molecule has 0 aliphatic heterocycles. The summed E-state index contributed by atoms with van der Waals surface area (Å²) in [6.45, 7) is -5.91. The number of rotatable bonds is 7. The average molecular weight is 463 g/mol. The van der Waals surface area contributed by atoms with Gasteiger partial charge in [0.15, 0.2) is 0 Å². The molecule has 0 spiro atoms. The number of ether oxygens (including phenoxy) is 2. The Kier molecular flexibility index (Phi) is 6.32. The van der Waals surface area contributed by atoms with Crippen LogP contribution in [-0.4, -0.2) is 23.0 Å². The van der Waals surface area contributed by atoms with Gasteiger partial charge in [-0.2, -0.15) is 22.7 Å². The van der Waals surface area contributed by atoms with Crippen molar-refractivity contribution in [2.45, 2.75) is 13.2 Å². The summed E-state index contributed by atoms with van der Waals surface area (Å²) in [5.41, 5.74) is 2.81. The molecule has 0 aliphatic carbocycles. The minimum atomic E-state index is -2.96. The Morgan fingerprint density at radius 2 is 1.28 bits per heavy atom. The van der Waals surface area contributed by atoms with E-state index in [2.05, 4.69) is 14.6 Å². The molecule has 0 N–H and O–H groups in total. The highest BCUT2D eigenvalue weighted by molar-refractivity contribution is 6.30. The Morgan fingerprint density at radius 1 is 0.719 bits per heavy atom. The van der Waals surface area contributed by atoms with Crippen molar-refractivity contribution < 1.29 is 27.0 Å². The van der Waals surface area contributed by atoms with Gasteiger partial charge in [-0.25, -0.2) is 4.68 Å². The molecule has 4 nitrogen and oxygen atoms in total. The van der Waals surface area contributed by atoms with Gasteiger partial charge in [-0.3, -0.25) is 0 Å². The average Bonchev–Trinajstić information content (AvgIpc) is 3.19. The molecule has 4 rings (SSSR count). The summed E-state index contributed by atoms with van der Waals surface area (Å²) in [5, 5.41) is 5.14. The van der Waals surface area contributed by atoms with Gasteiger partial charge in [0, 0.05) is 16.1 Å². The van der Waals surface area contributed by atoms with E-state index < -0.39 is 13.2 Å². The SMILES string of the molecule is FC(F)Oc1cccc(-c2cc(-c3cccc(OC(F)F)c3)n(-c3ccc(Cl)cc3)n2)c1. The van der Waals surface area contributed by atoms with E-state index in [-0.39, 0.29) is 11.5 Å². The number of halogens is 5. The molecule has 0 amide bonds. The molecule has 1 heterocycles. The van der Waals surface area contributed by atoms with Crippen molar-refractivity contribution in [2.75, 3.05) is 0 Å². The standard InChI is InChI=1S/C23H15ClF4N2O2/c24-16-7-9-17(10-8-16)30-21(15-4-2-6-19(12-15)32-23(27)28)13-20(29-30)14-3-1-5-18(11-14)31-22(25)26/h1-13,22-23H. The summed E-state index contributed by atoms with van der Waals surface area (Å²) in [4.78, 5) is 0. The number of benzene rings is 3. The Hall–Kier alpha value is -3.52. The van der Waals surface area contributed by atoms with E-state index in [1.165, 1.54) is 24.3 Å². The predicted molar refractivity (Wildman–Crippen MR) is 113 cm³/mol. The predicted octanol–water partition coefficient (Wildman–Crippen LogP) is 7.06. The van der Waals surface area contributed by atoms with Crippen LogP contribution in [0.15, 0.2) is 78.9 Å². The zero-order valence-corrected chi connectivity index (χ0v) is 17.0. The number of alkyl halides is 4. The van der Waals surface area contributed by atoms with Gasteiger partial charge in [-0.15, -0.1) is 0 Å². The van der Waals surface area contributed by atoms with Crippen molar-refractivity contribution in [1.82, 2.24) is 9.78 Å². The van der Waals surface area contributed by atoms with Gasteiger partial charge in [0.05, 0.1) is 17.1 Å². The van der Waals surface area contributed by atoms with Crippen LogP contribution >= 0.6 is 11.6 Å². The van der Waals surface area contributed by atoms with Gasteiger partial charge >= 0.3 is 13.2 Å². The Balaban J connectivity index is 1.82. The van der Waals surface area contributed by atoms with Crippen LogP contribution in [0.2, 0.25) is 5.02 Å². The summed E-state index contributed by atoms with van der Waals surface area (Å²) in [6, 6.07) is 20.9. The third-order valence-electron chi connectivity index (χ3n) is 4.49. The highest BCUT2D eigenvalue weighted by Crippen LogP contribution is 2.32. The maximum absolute atomic E-state index is 12.7. The molecular formula is C23H15ClF4N2O2. The molecular weight excluding hydrogens is 448 g/mol. The van der Waals surface area contributed by atoms with Crippen LogP contribution in [0, 0.1) is 0 Å². The minimum Gasteiger partial charge on any atom is -0.435 e. The summed E-state index contributed by atoms with van der Waals surface area (Å²) < 4.78 is 61.2. The second-order valence-electron chi connectivity index (χ2n) is 6.62. The minimum absolute atomic E-state index is 0.00441. The van der Waals surface area contributed by atoms with Gasteiger partial charge in [-0.1, -0.05) is 35.9 Å². The smallest absolute Gasteiger partial charge is 0.387 e. The first kappa shape index (κ1) is 21.7. The summed E-state index contributed by atoms with van der Waals surface area (Å²) >= 11 is 5.99. The van der Waals surface area contributed by atoms with Crippen LogP contribution in [0.3, 0.4) is 0 Å². The van der Waals surface area contributed by atoms with Crippen LogP contribution in [0.5, 0.6) is 11.5 Å². The van der Waals surface area contributed by atoms with E-state index >= 15 is 0 Å². The van der Waals surface area contributed by atoms with Gasteiger partial charge < -0.3 is 9.47 Å². The monoisotopic (exact) mass is 462 g/mol. The highest BCUT2D eigenvalue weighted by Gasteiger charge is 2.16. The second kappa shape index (κ2) is 9.32. The largest absolute Gasteiger partial charge is 0.435 e. The summed E-state index contributed by atoms with van der Waals surface area (Å²) in [6.07, 6.45) is 0. The fourth-order valence-corrected chi connectivity index (χ4v) is 3.30. The molecule has 0 saturated carbocycles. The van der Waals surface area contributed by atoms with Crippen molar-refractivity contribution in [3.05, 3.63) is 83.9 Å². The summed E-state index contributed by atoms with van der Waals surface area (Å²) in [5.74, 6) is -0.0114. The number of nitrogens with zero attached hydrogens (tertiary/aromatic N) is 2. The molecule has 0 atom stereocenters. The Bertz CT molecular complexity index is 1210. The van der Waals surface area contributed by atoms with Crippen molar-refractivity contribution in [3.8, 4) is 39.7 Å². The zero-order valence-electron chi connectivity index (χ0n) is 16.3. The molecule has 32 heavy (non-hydrogen) atoms. The van der Waals surface area contributed by atoms with Crippen molar-refractivity contribution in [1.29, 1.82) is 0 Å². The maximum Gasteiger partial charge on any atom is 0.387 e. The fourth-order valence-electron chi connectivity index (χ4n) is 3.17. The van der Waals surface area contributed by atoms with Crippen LogP contribution in [-0.2, 0) is 0 Å². The topological polar surface area (TPSA) is 36.3 Å². The lowest BCUT2D eigenvalue weighted by atomic mass is 10.1. The van der Waals surface area contributed by atoms with Crippen LogP contribution in [0.25, 0.3) is 28.2 Å². The molecule has 4 aromatic rings. The van der Waals surface area contributed by atoms with E-state index in [1.54, 1.807) is 59.3 Å². The third-order valence-corrected chi connectivity index (χ3v) is 4.74. The van der Waals surface area contributed by atoms with Crippen LogP contribution in [0.4, 0.5) is 17.6 Å². The Labute approximate surface area is 185 Å². The normalized spacial score (nSPS) is 11.2. The van der Waals surface area contributed by atoms with E-state index in [0.29, 0.717) is 33.2 Å². The number of hydrogen-bond acceptors (Lipinski definition) is 3. The molecule has 0 saturated heterocycles. The molecule has 3 aromatic carbocycles. The molecule has 0 radical (unpaired) electrons. The Morgan fingerprint density at radius 3 is 1.88 bits per heavy atom. The lowest BCUT2D eigenvalue weighted by molar-refractivity contribution is -0.0505. The fraction of sp³-hybridized carbons (Fsp3) is 0.0870. The van der Waals surface area contributed by atoms with E-state index in [9.17, 15) is 17.6 Å². The lowest BCUT2D eigenvalue weighted by Crippen LogP contribution is -2.02. The first-order valence-electron chi connectivity index (χ1n) is 9.35. The molecule has 0 fully saturated rings. The van der Waals surface area contributed by atoms with Gasteiger partial charge in [-0.05, 0) is 54.6 Å². The van der Waals surface area contributed by atoms with E-state index in [4.69, 9.17) is 11.6 Å². The number of hydrogen-bond donors (Lipinski definition) is 0. The molecule has 0 aliphatic rings. The maximum atomic E-state index is 12.7. The van der Waals surface area contributed by atoms with E-state index in [0.717, 1.165) is 0 Å². The summed E-state index contributed by atoms with van der Waals surface area (Å²) in [7, 11) is 0. The molecule has 9 heteroatoms. The van der Waals surface area contributed by atoms with Gasteiger partial charge in [0.25, 0.3) is 0 Å².